The van der Waals surface area contributed by atoms with Crippen molar-refractivity contribution in [3.8, 4) is 5.75 Å². The molecular weight excluding hydrogens is 564 g/mol. The summed E-state index contributed by atoms with van der Waals surface area (Å²) in [5.74, 6) is -0.460. The lowest BCUT2D eigenvalue weighted by atomic mass is 10.2. The Morgan fingerprint density at radius 2 is 1.54 bits per heavy atom. The lowest BCUT2D eigenvalue weighted by Gasteiger charge is -2.25. The number of amides is 2. The number of rotatable bonds is 11. The van der Waals surface area contributed by atoms with Crippen LogP contribution < -0.4 is 19.8 Å². The van der Waals surface area contributed by atoms with E-state index in [0.29, 0.717) is 27.6 Å². The molecule has 0 radical (unpaired) electrons. The zero-order valence-electron chi connectivity index (χ0n) is 22.0. The highest BCUT2D eigenvalue weighted by atomic mass is 35.5. The van der Waals surface area contributed by atoms with Gasteiger partial charge in [-0.15, -0.1) is 0 Å². The fraction of sp³-hybridized carbons (Fsp3) is 0.100. The minimum absolute atomic E-state index is 0.0375. The highest BCUT2D eigenvalue weighted by Gasteiger charge is 2.28. The zero-order valence-corrected chi connectivity index (χ0v) is 23.6. The molecule has 0 bridgehead atoms. The molecule has 41 heavy (non-hydrogen) atoms. The van der Waals surface area contributed by atoms with Crippen molar-refractivity contribution in [2.24, 2.45) is 5.10 Å². The largest absolute Gasteiger partial charge is 0.484 e. The molecule has 2 amide bonds. The molecule has 9 nitrogen and oxygen atoms in total. The molecule has 4 aromatic carbocycles. The maximum atomic E-state index is 13.5. The van der Waals surface area contributed by atoms with Gasteiger partial charge in [0.1, 0.15) is 12.3 Å². The van der Waals surface area contributed by atoms with Crippen LogP contribution in [0, 0.1) is 6.92 Å². The van der Waals surface area contributed by atoms with Crippen molar-refractivity contribution in [2.75, 3.05) is 22.8 Å². The number of carbonyl (C=O) groups is 2. The SMILES string of the molecule is Cc1c(Cl)cccc1N(CC(=O)N/N=C\c1ccc(OCC(=O)Nc2ccccc2)cc1)S(=O)(=O)c1ccccc1. The Bertz CT molecular complexity index is 1630. The van der Waals surface area contributed by atoms with E-state index in [1.807, 2.05) is 18.2 Å². The summed E-state index contributed by atoms with van der Waals surface area (Å²) in [5, 5.41) is 7.07. The molecule has 0 saturated carbocycles. The summed E-state index contributed by atoms with van der Waals surface area (Å²) in [6, 6.07) is 28.5. The van der Waals surface area contributed by atoms with Crippen LogP contribution in [0.2, 0.25) is 5.02 Å². The third-order valence-corrected chi connectivity index (χ3v) is 8.02. The second kappa shape index (κ2) is 13.6. The Morgan fingerprint density at radius 1 is 0.878 bits per heavy atom. The van der Waals surface area contributed by atoms with Crippen molar-refractivity contribution in [3.63, 3.8) is 0 Å². The Morgan fingerprint density at radius 3 is 2.22 bits per heavy atom. The number of nitrogens with zero attached hydrogens (tertiary/aromatic N) is 2. The molecule has 0 aliphatic heterocycles. The van der Waals surface area contributed by atoms with Crippen LogP contribution in [-0.2, 0) is 19.6 Å². The number of ether oxygens (including phenoxy) is 1. The van der Waals surface area contributed by atoms with Crippen molar-refractivity contribution >= 4 is 51.0 Å². The van der Waals surface area contributed by atoms with Gasteiger partial charge in [-0.3, -0.25) is 13.9 Å². The quantitative estimate of drug-likeness (QED) is 0.188. The summed E-state index contributed by atoms with van der Waals surface area (Å²) in [6.45, 7) is 1.00. The molecule has 4 rings (SSSR count). The number of para-hydroxylation sites is 1. The van der Waals surface area contributed by atoms with Gasteiger partial charge < -0.3 is 10.1 Å². The monoisotopic (exact) mass is 590 g/mol. The number of sulfonamides is 1. The summed E-state index contributed by atoms with van der Waals surface area (Å²) >= 11 is 6.25. The van der Waals surface area contributed by atoms with Gasteiger partial charge in [0, 0.05) is 10.7 Å². The molecule has 4 aromatic rings. The van der Waals surface area contributed by atoms with Crippen LogP contribution in [0.5, 0.6) is 5.75 Å². The summed E-state index contributed by atoms with van der Waals surface area (Å²) in [6.07, 6.45) is 1.41. The first-order valence-corrected chi connectivity index (χ1v) is 14.3. The van der Waals surface area contributed by atoms with Crippen molar-refractivity contribution in [3.05, 3.63) is 119 Å². The van der Waals surface area contributed by atoms with Crippen molar-refractivity contribution in [2.45, 2.75) is 11.8 Å². The van der Waals surface area contributed by atoms with Gasteiger partial charge in [0.15, 0.2) is 6.61 Å². The normalized spacial score (nSPS) is 11.2. The maximum Gasteiger partial charge on any atom is 0.264 e. The van der Waals surface area contributed by atoms with Crippen molar-refractivity contribution in [1.82, 2.24) is 5.43 Å². The first-order valence-electron chi connectivity index (χ1n) is 12.5. The van der Waals surface area contributed by atoms with Gasteiger partial charge in [0.05, 0.1) is 16.8 Å². The molecule has 0 fully saturated rings. The minimum atomic E-state index is -4.08. The zero-order chi connectivity index (χ0) is 29.2. The molecule has 0 aliphatic rings. The number of benzene rings is 4. The van der Waals surface area contributed by atoms with Gasteiger partial charge in [0.2, 0.25) is 0 Å². The number of hydrogen-bond acceptors (Lipinski definition) is 6. The summed E-state index contributed by atoms with van der Waals surface area (Å²) in [5.41, 5.74) is 4.50. The fourth-order valence-electron chi connectivity index (χ4n) is 3.75. The van der Waals surface area contributed by atoms with Crippen LogP contribution in [0.25, 0.3) is 0 Å². The summed E-state index contributed by atoms with van der Waals surface area (Å²) < 4.78 is 33.5. The molecule has 210 valence electrons. The van der Waals surface area contributed by atoms with E-state index in [9.17, 15) is 18.0 Å². The van der Waals surface area contributed by atoms with E-state index in [4.69, 9.17) is 16.3 Å². The Hall–Kier alpha value is -4.67. The Balaban J connectivity index is 1.37. The molecule has 2 N–H and O–H groups in total. The lowest BCUT2D eigenvalue weighted by molar-refractivity contribution is -0.119. The second-order valence-electron chi connectivity index (χ2n) is 8.77. The number of hydrogen-bond donors (Lipinski definition) is 2. The maximum absolute atomic E-state index is 13.5. The van der Waals surface area contributed by atoms with Crippen LogP contribution in [0.4, 0.5) is 11.4 Å². The summed E-state index contributed by atoms with van der Waals surface area (Å²) in [4.78, 5) is 24.9. The molecule has 0 atom stereocenters. The average molecular weight is 591 g/mol. The molecule has 0 unspecified atom stereocenters. The molecule has 0 saturated heterocycles. The van der Waals surface area contributed by atoms with Crippen molar-refractivity contribution < 1.29 is 22.7 Å². The lowest BCUT2D eigenvalue weighted by Crippen LogP contribution is -2.40. The number of nitrogens with one attached hydrogen (secondary N) is 2. The topological polar surface area (TPSA) is 117 Å². The van der Waals surface area contributed by atoms with Crippen LogP contribution >= 0.6 is 11.6 Å². The predicted molar refractivity (Wildman–Crippen MR) is 160 cm³/mol. The number of carbonyl (C=O) groups excluding carboxylic acids is 2. The first-order chi connectivity index (χ1) is 19.7. The van der Waals surface area contributed by atoms with Gasteiger partial charge in [0.25, 0.3) is 21.8 Å². The molecule has 0 aromatic heterocycles. The molecule has 11 heteroatoms. The highest BCUT2D eigenvalue weighted by molar-refractivity contribution is 7.92. The Kier molecular flexibility index (Phi) is 9.73. The minimum Gasteiger partial charge on any atom is -0.484 e. The van der Waals surface area contributed by atoms with E-state index in [-0.39, 0.29) is 23.1 Å². The Labute approximate surface area is 243 Å². The number of hydrazone groups is 1. The summed E-state index contributed by atoms with van der Waals surface area (Å²) in [7, 11) is -4.08. The van der Waals surface area contributed by atoms with Crippen LogP contribution in [-0.4, -0.2) is 39.6 Å². The first kappa shape index (κ1) is 29.3. The van der Waals surface area contributed by atoms with Gasteiger partial charge in [-0.05, 0) is 78.7 Å². The van der Waals surface area contributed by atoms with E-state index in [1.54, 1.807) is 79.7 Å². The highest BCUT2D eigenvalue weighted by Crippen LogP contribution is 2.30. The van der Waals surface area contributed by atoms with Gasteiger partial charge in [-0.25, -0.2) is 13.8 Å². The van der Waals surface area contributed by atoms with E-state index in [1.165, 1.54) is 18.3 Å². The molecule has 0 spiro atoms. The second-order valence-corrected chi connectivity index (χ2v) is 11.0. The van der Waals surface area contributed by atoms with Gasteiger partial charge >= 0.3 is 0 Å². The molecule has 0 aliphatic carbocycles. The predicted octanol–water partition coefficient (Wildman–Crippen LogP) is 5.01. The average Bonchev–Trinajstić information content (AvgIpc) is 2.98. The third kappa shape index (κ3) is 7.93. The number of anilines is 2. The molecular formula is C30H27ClN4O5S. The van der Waals surface area contributed by atoms with Crippen LogP contribution in [0.3, 0.4) is 0 Å². The van der Waals surface area contributed by atoms with Gasteiger partial charge in [-0.1, -0.05) is 54.1 Å². The van der Waals surface area contributed by atoms with Gasteiger partial charge in [-0.2, -0.15) is 5.10 Å². The van der Waals surface area contributed by atoms with E-state index >= 15 is 0 Å². The van der Waals surface area contributed by atoms with E-state index in [2.05, 4.69) is 15.8 Å². The fourth-order valence-corrected chi connectivity index (χ4v) is 5.42. The van der Waals surface area contributed by atoms with Crippen LogP contribution in [0.15, 0.2) is 113 Å². The van der Waals surface area contributed by atoms with E-state index in [0.717, 1.165) is 4.31 Å². The smallest absolute Gasteiger partial charge is 0.264 e. The van der Waals surface area contributed by atoms with Crippen LogP contribution in [0.1, 0.15) is 11.1 Å². The van der Waals surface area contributed by atoms with E-state index < -0.39 is 22.5 Å². The third-order valence-electron chi connectivity index (χ3n) is 5.84. The standard InChI is InChI=1S/C30H27ClN4O5S/c1-22-27(31)13-8-14-28(22)35(41(38,39)26-11-6-3-7-12-26)20-29(36)34-32-19-23-15-17-25(18-16-23)40-21-30(37)33-24-9-4-2-5-10-24/h2-19H,20-21H2,1H3,(H,33,37)(H,34,36)/b32-19-. The molecule has 0 heterocycles. The number of halogens is 1. The van der Waals surface area contributed by atoms with Crippen molar-refractivity contribution in [1.29, 1.82) is 0 Å².